The third-order valence-electron chi connectivity index (χ3n) is 2.34. The summed E-state index contributed by atoms with van der Waals surface area (Å²) in [4.78, 5) is 0. The van der Waals surface area contributed by atoms with Crippen LogP contribution in [0.2, 0.25) is 0 Å². The van der Waals surface area contributed by atoms with E-state index >= 15 is 0 Å². The third-order valence-corrected chi connectivity index (χ3v) is 2.34. The van der Waals surface area contributed by atoms with Gasteiger partial charge in [-0.2, -0.15) is 0 Å². The van der Waals surface area contributed by atoms with E-state index < -0.39 is 0 Å². The number of rotatable bonds is 3. The molecule has 1 nitrogen and oxygen atoms in total. The van der Waals surface area contributed by atoms with Crippen LogP contribution >= 0.6 is 0 Å². The highest BCUT2D eigenvalue weighted by atomic mass is 16.5. The molecule has 0 unspecified atom stereocenters. The van der Waals surface area contributed by atoms with Crippen molar-refractivity contribution in [2.45, 2.75) is 25.9 Å². The summed E-state index contributed by atoms with van der Waals surface area (Å²) in [5, 5.41) is 0. The van der Waals surface area contributed by atoms with Crippen LogP contribution in [0.3, 0.4) is 0 Å². The number of hydrogen-bond acceptors (Lipinski definition) is 1. The molecular formula is C12H14O. The maximum absolute atomic E-state index is 5.46. The number of hydrogen-bond donors (Lipinski definition) is 0. The van der Waals surface area contributed by atoms with E-state index in [1.54, 1.807) is 0 Å². The minimum Gasteiger partial charge on any atom is -0.497 e. The molecule has 0 amide bonds. The first-order chi connectivity index (χ1) is 6.45. The van der Waals surface area contributed by atoms with Crippen LogP contribution in [0.4, 0.5) is 0 Å². The second-order valence-corrected chi connectivity index (χ2v) is 3.43. The van der Waals surface area contributed by atoms with E-state index in [4.69, 9.17) is 4.74 Å². The fraction of sp³-hybridized carbons (Fsp3) is 0.333. The highest BCUT2D eigenvalue weighted by Crippen LogP contribution is 2.25. The summed E-state index contributed by atoms with van der Waals surface area (Å²) in [5.41, 5.74) is 2.69. The van der Waals surface area contributed by atoms with Crippen molar-refractivity contribution < 1.29 is 4.74 Å². The summed E-state index contributed by atoms with van der Waals surface area (Å²) in [7, 11) is 0. The SMILES string of the molecule is C(OCc1ccccc1)=C1CCC1. The molecule has 0 N–H and O–H groups in total. The number of allylic oxidation sites excluding steroid dienone is 1. The molecule has 0 atom stereocenters. The van der Waals surface area contributed by atoms with Crippen molar-refractivity contribution >= 4 is 0 Å². The number of benzene rings is 1. The van der Waals surface area contributed by atoms with Crippen LogP contribution in [0.25, 0.3) is 0 Å². The van der Waals surface area contributed by atoms with Crippen LogP contribution in [-0.4, -0.2) is 0 Å². The molecule has 1 saturated carbocycles. The largest absolute Gasteiger partial charge is 0.497 e. The van der Waals surface area contributed by atoms with Gasteiger partial charge in [0, 0.05) is 0 Å². The Morgan fingerprint density at radius 1 is 1.15 bits per heavy atom. The average Bonchev–Trinajstić information content (AvgIpc) is 2.11. The first-order valence-corrected chi connectivity index (χ1v) is 4.78. The standard InChI is InChI=1S/C12H14O/c1-2-5-11(6-3-1)9-13-10-12-7-4-8-12/h1-3,5-6,10H,4,7-9H2. The van der Waals surface area contributed by atoms with Gasteiger partial charge in [0.25, 0.3) is 0 Å². The maximum atomic E-state index is 5.46. The molecule has 1 heteroatoms. The van der Waals surface area contributed by atoms with E-state index in [0.29, 0.717) is 6.61 Å². The molecule has 1 aliphatic rings. The van der Waals surface area contributed by atoms with Gasteiger partial charge in [0.05, 0.1) is 6.26 Å². The van der Waals surface area contributed by atoms with Crippen molar-refractivity contribution in [1.29, 1.82) is 0 Å². The van der Waals surface area contributed by atoms with Crippen LogP contribution in [0.1, 0.15) is 24.8 Å². The van der Waals surface area contributed by atoms with E-state index in [1.807, 2.05) is 24.5 Å². The van der Waals surface area contributed by atoms with Gasteiger partial charge in [-0.25, -0.2) is 0 Å². The van der Waals surface area contributed by atoms with Gasteiger partial charge < -0.3 is 4.74 Å². The Morgan fingerprint density at radius 2 is 1.92 bits per heavy atom. The highest BCUT2D eigenvalue weighted by Gasteiger charge is 2.07. The quantitative estimate of drug-likeness (QED) is 0.639. The van der Waals surface area contributed by atoms with Crippen molar-refractivity contribution in [3.8, 4) is 0 Å². The van der Waals surface area contributed by atoms with Crippen molar-refractivity contribution in [2.24, 2.45) is 0 Å². The van der Waals surface area contributed by atoms with Crippen LogP contribution < -0.4 is 0 Å². The molecule has 1 aromatic rings. The Hall–Kier alpha value is -1.24. The van der Waals surface area contributed by atoms with Gasteiger partial charge in [0.15, 0.2) is 0 Å². The molecule has 2 rings (SSSR count). The molecule has 1 fully saturated rings. The lowest BCUT2D eigenvalue weighted by molar-refractivity contribution is 0.229. The van der Waals surface area contributed by atoms with E-state index in [2.05, 4.69) is 12.1 Å². The van der Waals surface area contributed by atoms with E-state index in [0.717, 1.165) is 0 Å². The van der Waals surface area contributed by atoms with E-state index in [9.17, 15) is 0 Å². The lowest BCUT2D eigenvalue weighted by Crippen LogP contribution is -1.97. The normalized spacial score (nSPS) is 14.9. The molecule has 0 saturated heterocycles. The Morgan fingerprint density at radius 3 is 2.54 bits per heavy atom. The Labute approximate surface area is 79.0 Å². The third kappa shape index (κ3) is 2.35. The van der Waals surface area contributed by atoms with Gasteiger partial charge in [-0.1, -0.05) is 30.3 Å². The maximum Gasteiger partial charge on any atom is 0.112 e. The Bertz CT molecular complexity index is 281. The van der Waals surface area contributed by atoms with Crippen LogP contribution in [0.5, 0.6) is 0 Å². The van der Waals surface area contributed by atoms with Gasteiger partial charge in [-0.3, -0.25) is 0 Å². The second kappa shape index (κ2) is 4.13. The molecule has 0 spiro atoms. The molecular weight excluding hydrogens is 160 g/mol. The predicted molar refractivity (Wildman–Crippen MR) is 53.2 cm³/mol. The highest BCUT2D eigenvalue weighted by molar-refractivity contribution is 5.14. The van der Waals surface area contributed by atoms with Gasteiger partial charge in [0.1, 0.15) is 6.61 Å². The van der Waals surface area contributed by atoms with Crippen molar-refractivity contribution in [2.75, 3.05) is 0 Å². The fourth-order valence-electron chi connectivity index (χ4n) is 1.33. The summed E-state index contributed by atoms with van der Waals surface area (Å²) in [6.07, 6.45) is 5.72. The van der Waals surface area contributed by atoms with Gasteiger partial charge in [-0.05, 0) is 30.4 Å². The zero-order valence-corrected chi connectivity index (χ0v) is 7.70. The predicted octanol–water partition coefficient (Wildman–Crippen LogP) is 3.27. The molecule has 0 aromatic heterocycles. The molecule has 0 bridgehead atoms. The van der Waals surface area contributed by atoms with Crippen molar-refractivity contribution in [1.82, 2.24) is 0 Å². The molecule has 1 aromatic carbocycles. The second-order valence-electron chi connectivity index (χ2n) is 3.43. The lowest BCUT2D eigenvalue weighted by atomic mass is 9.94. The summed E-state index contributed by atoms with van der Waals surface area (Å²) < 4.78 is 5.46. The van der Waals surface area contributed by atoms with Crippen LogP contribution in [0, 0.1) is 0 Å². The van der Waals surface area contributed by atoms with Gasteiger partial charge in [0.2, 0.25) is 0 Å². The fourth-order valence-corrected chi connectivity index (χ4v) is 1.33. The molecule has 0 radical (unpaired) electrons. The van der Waals surface area contributed by atoms with E-state index in [-0.39, 0.29) is 0 Å². The Balaban J connectivity index is 1.79. The Kier molecular flexibility index (Phi) is 2.65. The lowest BCUT2D eigenvalue weighted by Gasteiger charge is -2.15. The molecule has 1 aliphatic carbocycles. The smallest absolute Gasteiger partial charge is 0.112 e. The minimum atomic E-state index is 0.699. The topological polar surface area (TPSA) is 9.23 Å². The molecule has 13 heavy (non-hydrogen) atoms. The first-order valence-electron chi connectivity index (χ1n) is 4.78. The molecule has 68 valence electrons. The number of ether oxygens (including phenoxy) is 1. The first kappa shape index (κ1) is 8.36. The summed E-state index contributed by atoms with van der Waals surface area (Å²) >= 11 is 0. The van der Waals surface area contributed by atoms with E-state index in [1.165, 1.54) is 30.4 Å². The van der Waals surface area contributed by atoms with Crippen LogP contribution in [-0.2, 0) is 11.3 Å². The monoisotopic (exact) mass is 174 g/mol. The summed E-state index contributed by atoms with van der Waals surface area (Å²) in [5.74, 6) is 0. The summed E-state index contributed by atoms with van der Waals surface area (Å²) in [6.45, 7) is 0.699. The average molecular weight is 174 g/mol. The van der Waals surface area contributed by atoms with Crippen LogP contribution in [0.15, 0.2) is 42.2 Å². The van der Waals surface area contributed by atoms with Crippen molar-refractivity contribution in [3.63, 3.8) is 0 Å². The van der Waals surface area contributed by atoms with Gasteiger partial charge >= 0.3 is 0 Å². The zero-order chi connectivity index (χ0) is 8.93. The minimum absolute atomic E-state index is 0.699. The molecule has 0 aliphatic heterocycles. The summed E-state index contributed by atoms with van der Waals surface area (Å²) in [6, 6.07) is 10.3. The van der Waals surface area contributed by atoms with Gasteiger partial charge in [-0.15, -0.1) is 0 Å². The molecule has 0 heterocycles. The zero-order valence-electron chi connectivity index (χ0n) is 7.70. The van der Waals surface area contributed by atoms with Crippen molar-refractivity contribution in [3.05, 3.63) is 47.7 Å².